The van der Waals surface area contributed by atoms with Crippen molar-refractivity contribution in [2.24, 2.45) is 0 Å². The number of rotatable bonds is 3. The minimum Gasteiger partial charge on any atom is -0.288 e. The summed E-state index contributed by atoms with van der Waals surface area (Å²) in [7, 11) is 0. The predicted octanol–water partition coefficient (Wildman–Crippen LogP) is 3.55. The first-order chi connectivity index (χ1) is 8.11. The number of carbonyl (C=O) groups is 1. The minimum atomic E-state index is -0.0703. The second kappa shape index (κ2) is 5.02. The van der Waals surface area contributed by atoms with Gasteiger partial charge in [0.2, 0.25) is 0 Å². The third kappa shape index (κ3) is 2.58. The lowest BCUT2D eigenvalue weighted by Crippen LogP contribution is -2.00. The molecular formula is C12H10BrClN2O. The van der Waals surface area contributed by atoms with Crippen LogP contribution in [0.15, 0.2) is 35.1 Å². The lowest BCUT2D eigenvalue weighted by atomic mass is 10.1. The molecule has 0 aliphatic heterocycles. The molecule has 3 nitrogen and oxygen atoms in total. The van der Waals surface area contributed by atoms with Gasteiger partial charge < -0.3 is 0 Å². The summed E-state index contributed by atoms with van der Waals surface area (Å²) in [5.41, 5.74) is 1.14. The van der Waals surface area contributed by atoms with Gasteiger partial charge in [-0.1, -0.05) is 11.6 Å². The normalized spacial score (nSPS) is 10.5. The largest absolute Gasteiger partial charge is 0.288 e. The Kier molecular flexibility index (Phi) is 3.64. The van der Waals surface area contributed by atoms with Crippen LogP contribution in [-0.4, -0.2) is 15.6 Å². The second-order valence-electron chi connectivity index (χ2n) is 3.54. The summed E-state index contributed by atoms with van der Waals surface area (Å²) in [5.74, 6) is -0.0703. The predicted molar refractivity (Wildman–Crippen MR) is 70.5 cm³/mol. The van der Waals surface area contributed by atoms with Crippen molar-refractivity contribution in [2.75, 3.05) is 0 Å². The van der Waals surface area contributed by atoms with Crippen molar-refractivity contribution in [1.29, 1.82) is 0 Å². The average molecular weight is 314 g/mol. The Balaban J connectivity index is 2.33. The third-order valence-electron chi connectivity index (χ3n) is 2.40. The maximum absolute atomic E-state index is 12.1. The maximum atomic E-state index is 12.1. The Morgan fingerprint density at radius 3 is 2.82 bits per heavy atom. The zero-order chi connectivity index (χ0) is 12.4. The zero-order valence-corrected chi connectivity index (χ0v) is 11.5. The lowest BCUT2D eigenvalue weighted by Gasteiger charge is -2.00. The van der Waals surface area contributed by atoms with Crippen molar-refractivity contribution in [3.8, 4) is 0 Å². The molecule has 0 saturated heterocycles. The zero-order valence-electron chi connectivity index (χ0n) is 9.15. The monoisotopic (exact) mass is 312 g/mol. The van der Waals surface area contributed by atoms with E-state index in [9.17, 15) is 4.79 Å². The van der Waals surface area contributed by atoms with Crippen LogP contribution < -0.4 is 0 Å². The summed E-state index contributed by atoms with van der Waals surface area (Å²) in [6, 6.07) is 5.15. The summed E-state index contributed by atoms with van der Waals surface area (Å²) in [6.45, 7) is 2.71. The number of hydrogen-bond acceptors (Lipinski definition) is 2. The van der Waals surface area contributed by atoms with Gasteiger partial charge in [-0.05, 0) is 41.1 Å². The van der Waals surface area contributed by atoms with E-state index in [-0.39, 0.29) is 5.78 Å². The third-order valence-corrected chi connectivity index (χ3v) is 3.63. The SMILES string of the molecule is CCn1cc(C(=O)c2ccc(Br)c(Cl)c2)cn1. The molecule has 2 aromatic rings. The highest BCUT2D eigenvalue weighted by atomic mass is 79.9. The fraction of sp³-hybridized carbons (Fsp3) is 0.167. The molecule has 17 heavy (non-hydrogen) atoms. The van der Waals surface area contributed by atoms with E-state index in [0.717, 1.165) is 11.0 Å². The van der Waals surface area contributed by atoms with Gasteiger partial charge in [-0.15, -0.1) is 0 Å². The maximum Gasteiger partial charge on any atom is 0.196 e. The lowest BCUT2D eigenvalue weighted by molar-refractivity contribution is 0.103. The number of aromatic nitrogens is 2. The highest BCUT2D eigenvalue weighted by Gasteiger charge is 2.12. The number of aryl methyl sites for hydroxylation is 1. The molecule has 0 aliphatic carbocycles. The van der Waals surface area contributed by atoms with E-state index in [1.165, 1.54) is 0 Å². The number of carbonyl (C=O) groups excluding carboxylic acids is 1. The van der Waals surface area contributed by atoms with E-state index in [0.29, 0.717) is 16.1 Å². The Hall–Kier alpha value is -1.13. The Morgan fingerprint density at radius 1 is 1.47 bits per heavy atom. The van der Waals surface area contributed by atoms with Gasteiger partial charge in [0.1, 0.15) is 0 Å². The number of hydrogen-bond donors (Lipinski definition) is 0. The van der Waals surface area contributed by atoms with Gasteiger partial charge in [-0.3, -0.25) is 9.48 Å². The molecule has 0 N–H and O–H groups in total. The van der Waals surface area contributed by atoms with Crippen molar-refractivity contribution in [1.82, 2.24) is 9.78 Å². The van der Waals surface area contributed by atoms with E-state index in [1.807, 2.05) is 6.92 Å². The van der Waals surface area contributed by atoms with Gasteiger partial charge in [0, 0.05) is 22.8 Å². The van der Waals surface area contributed by atoms with Gasteiger partial charge in [0.05, 0.1) is 16.8 Å². The van der Waals surface area contributed by atoms with Crippen molar-refractivity contribution < 1.29 is 4.79 Å². The Morgan fingerprint density at radius 2 is 2.24 bits per heavy atom. The first kappa shape index (κ1) is 12.3. The summed E-state index contributed by atoms with van der Waals surface area (Å²) in [5, 5.41) is 4.60. The van der Waals surface area contributed by atoms with Crippen LogP contribution in [0.3, 0.4) is 0 Å². The molecule has 2 rings (SSSR count). The average Bonchev–Trinajstić information content (AvgIpc) is 2.80. The molecule has 0 spiro atoms. The van der Waals surface area contributed by atoms with Crippen LogP contribution in [-0.2, 0) is 6.54 Å². The molecule has 1 aromatic carbocycles. The van der Waals surface area contributed by atoms with Gasteiger partial charge >= 0.3 is 0 Å². The number of ketones is 1. The molecule has 0 unspecified atom stereocenters. The molecule has 1 heterocycles. The van der Waals surface area contributed by atoms with Crippen LogP contribution in [0.4, 0.5) is 0 Å². The molecule has 0 amide bonds. The van der Waals surface area contributed by atoms with Gasteiger partial charge in [0.15, 0.2) is 5.78 Å². The minimum absolute atomic E-state index is 0.0703. The van der Waals surface area contributed by atoms with E-state index >= 15 is 0 Å². The van der Waals surface area contributed by atoms with Gasteiger partial charge in [0.25, 0.3) is 0 Å². The van der Waals surface area contributed by atoms with Crippen LogP contribution in [0.5, 0.6) is 0 Å². The molecule has 0 saturated carbocycles. The fourth-order valence-corrected chi connectivity index (χ4v) is 1.88. The van der Waals surface area contributed by atoms with Crippen LogP contribution in [0.2, 0.25) is 5.02 Å². The van der Waals surface area contributed by atoms with E-state index in [4.69, 9.17) is 11.6 Å². The van der Waals surface area contributed by atoms with Crippen LogP contribution in [0.1, 0.15) is 22.8 Å². The quantitative estimate of drug-likeness (QED) is 0.812. The number of halogens is 2. The smallest absolute Gasteiger partial charge is 0.196 e. The van der Waals surface area contributed by atoms with Crippen molar-refractivity contribution in [3.05, 3.63) is 51.2 Å². The van der Waals surface area contributed by atoms with Crippen LogP contribution in [0, 0.1) is 0 Å². The molecule has 0 atom stereocenters. The first-order valence-electron chi connectivity index (χ1n) is 5.14. The molecule has 1 aromatic heterocycles. The second-order valence-corrected chi connectivity index (χ2v) is 4.80. The standard InChI is InChI=1S/C12H10BrClN2O/c1-2-16-7-9(6-15-16)12(17)8-3-4-10(13)11(14)5-8/h3-7H,2H2,1H3. The molecule has 5 heteroatoms. The molecule has 0 aliphatic rings. The van der Waals surface area contributed by atoms with Crippen molar-refractivity contribution in [2.45, 2.75) is 13.5 Å². The van der Waals surface area contributed by atoms with Crippen molar-refractivity contribution in [3.63, 3.8) is 0 Å². The molecule has 0 bridgehead atoms. The number of nitrogens with zero attached hydrogens (tertiary/aromatic N) is 2. The topological polar surface area (TPSA) is 34.9 Å². The fourth-order valence-electron chi connectivity index (χ4n) is 1.46. The number of benzene rings is 1. The van der Waals surface area contributed by atoms with E-state index < -0.39 is 0 Å². The molecule has 0 radical (unpaired) electrons. The first-order valence-corrected chi connectivity index (χ1v) is 6.31. The van der Waals surface area contributed by atoms with E-state index in [2.05, 4.69) is 21.0 Å². The van der Waals surface area contributed by atoms with Gasteiger partial charge in [-0.2, -0.15) is 5.10 Å². The van der Waals surface area contributed by atoms with Gasteiger partial charge in [-0.25, -0.2) is 0 Å². The summed E-state index contributed by atoms with van der Waals surface area (Å²) in [6.07, 6.45) is 3.31. The summed E-state index contributed by atoms with van der Waals surface area (Å²) >= 11 is 9.25. The summed E-state index contributed by atoms with van der Waals surface area (Å²) < 4.78 is 2.49. The molecule has 88 valence electrons. The molecule has 0 fully saturated rings. The summed E-state index contributed by atoms with van der Waals surface area (Å²) in [4.78, 5) is 12.1. The highest BCUT2D eigenvalue weighted by molar-refractivity contribution is 9.10. The van der Waals surface area contributed by atoms with Crippen LogP contribution >= 0.6 is 27.5 Å². The molecular weight excluding hydrogens is 304 g/mol. The van der Waals surface area contributed by atoms with E-state index in [1.54, 1.807) is 35.3 Å². The Bertz CT molecular complexity index is 565. The van der Waals surface area contributed by atoms with Crippen LogP contribution in [0.25, 0.3) is 0 Å². The Labute approximate surface area is 113 Å². The highest BCUT2D eigenvalue weighted by Crippen LogP contribution is 2.24. The van der Waals surface area contributed by atoms with Crippen molar-refractivity contribution >= 4 is 33.3 Å².